The molecular weight excluding hydrogens is 392 g/mol. The van der Waals surface area contributed by atoms with E-state index in [9.17, 15) is 9.59 Å². The Morgan fingerprint density at radius 1 is 1.03 bits per heavy atom. The van der Waals surface area contributed by atoms with Gasteiger partial charge in [0.05, 0.1) is 7.11 Å². The van der Waals surface area contributed by atoms with E-state index in [-0.39, 0.29) is 25.0 Å². The third kappa shape index (κ3) is 6.68. The second kappa shape index (κ2) is 11.3. The molecule has 0 unspecified atom stereocenters. The van der Waals surface area contributed by atoms with Crippen LogP contribution in [0, 0.1) is 0 Å². The Bertz CT molecular complexity index is 793. The van der Waals surface area contributed by atoms with Crippen molar-refractivity contribution in [1.29, 1.82) is 0 Å². The van der Waals surface area contributed by atoms with Crippen LogP contribution in [0.3, 0.4) is 0 Å². The van der Waals surface area contributed by atoms with Crippen molar-refractivity contribution in [2.75, 3.05) is 20.3 Å². The molecule has 0 fully saturated rings. The van der Waals surface area contributed by atoms with Gasteiger partial charge >= 0.3 is 0 Å². The second-order valence-electron chi connectivity index (χ2n) is 6.43. The Morgan fingerprint density at radius 2 is 1.66 bits per heavy atom. The lowest BCUT2D eigenvalue weighted by Gasteiger charge is -2.30. The molecule has 0 heterocycles. The number of carbonyl (C=O) groups excluding carboxylic acids is 2. The van der Waals surface area contributed by atoms with Crippen molar-refractivity contribution in [2.24, 2.45) is 0 Å². The minimum atomic E-state index is -0.586. The van der Waals surface area contributed by atoms with Crippen molar-refractivity contribution in [3.05, 3.63) is 59.1 Å². The SMILES string of the molecule is CCNC(=O)[C@@H](CC)N(Cc1ccc(Cl)cc1)C(=O)COc1ccc(OC)cc1. The Morgan fingerprint density at radius 3 is 2.21 bits per heavy atom. The molecule has 1 N–H and O–H groups in total. The van der Waals surface area contributed by atoms with Crippen LogP contribution in [-0.2, 0) is 16.1 Å². The zero-order valence-electron chi connectivity index (χ0n) is 17.0. The molecule has 2 aromatic carbocycles. The standard InChI is InChI=1S/C22H27ClN2O4/c1-4-20(22(27)24-5-2)25(14-16-6-8-17(23)9-7-16)21(26)15-29-19-12-10-18(28-3)11-13-19/h6-13,20H,4-5,14-15H2,1-3H3,(H,24,27)/t20-/m1/s1. The van der Waals surface area contributed by atoms with Crippen LogP contribution < -0.4 is 14.8 Å². The molecule has 1 atom stereocenters. The first-order valence-electron chi connectivity index (χ1n) is 9.56. The van der Waals surface area contributed by atoms with Gasteiger partial charge in [-0.2, -0.15) is 0 Å². The number of methoxy groups -OCH3 is 1. The van der Waals surface area contributed by atoms with E-state index in [0.717, 1.165) is 5.56 Å². The third-order valence-electron chi connectivity index (χ3n) is 4.42. The lowest BCUT2D eigenvalue weighted by molar-refractivity contribution is -0.142. The van der Waals surface area contributed by atoms with Gasteiger partial charge in [-0.3, -0.25) is 9.59 Å². The molecule has 0 aliphatic heterocycles. The monoisotopic (exact) mass is 418 g/mol. The first-order valence-corrected chi connectivity index (χ1v) is 9.94. The van der Waals surface area contributed by atoms with E-state index in [1.807, 2.05) is 26.0 Å². The van der Waals surface area contributed by atoms with E-state index in [1.165, 1.54) is 0 Å². The Hall–Kier alpha value is -2.73. The topological polar surface area (TPSA) is 67.9 Å². The van der Waals surface area contributed by atoms with Gasteiger partial charge in [0.2, 0.25) is 5.91 Å². The molecule has 29 heavy (non-hydrogen) atoms. The van der Waals surface area contributed by atoms with Crippen LogP contribution in [0.15, 0.2) is 48.5 Å². The number of nitrogens with one attached hydrogen (secondary N) is 1. The molecule has 2 amide bonds. The van der Waals surface area contributed by atoms with E-state index in [1.54, 1.807) is 48.4 Å². The molecule has 2 aromatic rings. The molecule has 0 spiro atoms. The maximum atomic E-state index is 13.0. The van der Waals surface area contributed by atoms with Crippen molar-refractivity contribution in [2.45, 2.75) is 32.9 Å². The summed E-state index contributed by atoms with van der Waals surface area (Å²) in [7, 11) is 1.58. The van der Waals surface area contributed by atoms with Crippen molar-refractivity contribution < 1.29 is 19.1 Å². The van der Waals surface area contributed by atoms with Gasteiger partial charge in [-0.05, 0) is 55.3 Å². The second-order valence-corrected chi connectivity index (χ2v) is 6.87. The number of halogens is 1. The molecule has 0 aliphatic carbocycles. The number of hydrogen-bond acceptors (Lipinski definition) is 4. The van der Waals surface area contributed by atoms with Crippen LogP contribution in [-0.4, -0.2) is 43.0 Å². The fourth-order valence-electron chi connectivity index (χ4n) is 2.90. The van der Waals surface area contributed by atoms with E-state index >= 15 is 0 Å². The van der Waals surface area contributed by atoms with Crippen LogP contribution >= 0.6 is 11.6 Å². The molecule has 0 aliphatic rings. The molecule has 2 rings (SSSR count). The molecule has 0 saturated heterocycles. The van der Waals surface area contributed by atoms with Crippen molar-refractivity contribution in [3.63, 3.8) is 0 Å². The minimum Gasteiger partial charge on any atom is -0.497 e. The third-order valence-corrected chi connectivity index (χ3v) is 4.68. The molecule has 156 valence electrons. The lowest BCUT2D eigenvalue weighted by Crippen LogP contribution is -2.50. The summed E-state index contributed by atoms with van der Waals surface area (Å²) in [4.78, 5) is 27.1. The van der Waals surface area contributed by atoms with Crippen LogP contribution in [0.1, 0.15) is 25.8 Å². The molecular formula is C22H27ClN2O4. The number of rotatable bonds is 10. The predicted octanol–water partition coefficient (Wildman–Crippen LogP) is 3.67. The number of nitrogens with zero attached hydrogens (tertiary/aromatic N) is 1. The van der Waals surface area contributed by atoms with Crippen LogP contribution in [0.2, 0.25) is 5.02 Å². The van der Waals surface area contributed by atoms with Gasteiger partial charge in [0.1, 0.15) is 17.5 Å². The molecule has 6 nitrogen and oxygen atoms in total. The van der Waals surface area contributed by atoms with E-state index < -0.39 is 6.04 Å². The van der Waals surface area contributed by atoms with Gasteiger partial charge < -0.3 is 19.7 Å². The quantitative estimate of drug-likeness (QED) is 0.639. The highest BCUT2D eigenvalue weighted by molar-refractivity contribution is 6.30. The Labute approximate surface area is 176 Å². The van der Waals surface area contributed by atoms with Gasteiger partial charge in [0.15, 0.2) is 6.61 Å². The fraction of sp³-hybridized carbons (Fsp3) is 0.364. The highest BCUT2D eigenvalue weighted by atomic mass is 35.5. The highest BCUT2D eigenvalue weighted by Gasteiger charge is 2.28. The number of benzene rings is 2. The maximum Gasteiger partial charge on any atom is 0.261 e. The van der Waals surface area contributed by atoms with Gasteiger partial charge in [-0.15, -0.1) is 0 Å². The number of hydrogen-bond donors (Lipinski definition) is 1. The minimum absolute atomic E-state index is 0.171. The molecule has 7 heteroatoms. The predicted molar refractivity (Wildman–Crippen MR) is 113 cm³/mol. The number of ether oxygens (including phenoxy) is 2. The summed E-state index contributed by atoms with van der Waals surface area (Å²) in [6.07, 6.45) is 0.494. The molecule has 0 bridgehead atoms. The summed E-state index contributed by atoms with van der Waals surface area (Å²) in [5.74, 6) is 0.808. The fourth-order valence-corrected chi connectivity index (χ4v) is 3.02. The average Bonchev–Trinajstić information content (AvgIpc) is 2.73. The number of likely N-dealkylation sites (N-methyl/N-ethyl adjacent to an activating group) is 1. The van der Waals surface area contributed by atoms with Gasteiger partial charge in [-0.1, -0.05) is 30.7 Å². The van der Waals surface area contributed by atoms with Crippen LogP contribution in [0.5, 0.6) is 11.5 Å². The largest absolute Gasteiger partial charge is 0.497 e. The first-order chi connectivity index (χ1) is 14.0. The summed E-state index contributed by atoms with van der Waals surface area (Å²) < 4.78 is 10.8. The Kier molecular flexibility index (Phi) is 8.80. The van der Waals surface area contributed by atoms with Crippen LogP contribution in [0.4, 0.5) is 0 Å². The zero-order valence-corrected chi connectivity index (χ0v) is 17.7. The van der Waals surface area contributed by atoms with E-state index in [2.05, 4.69) is 5.32 Å². The lowest BCUT2D eigenvalue weighted by atomic mass is 10.1. The zero-order chi connectivity index (χ0) is 21.2. The highest BCUT2D eigenvalue weighted by Crippen LogP contribution is 2.18. The number of amides is 2. The average molecular weight is 419 g/mol. The first kappa shape index (κ1) is 22.6. The summed E-state index contributed by atoms with van der Waals surface area (Å²) in [5.41, 5.74) is 0.884. The van der Waals surface area contributed by atoms with Gasteiger partial charge in [-0.25, -0.2) is 0 Å². The molecule has 0 radical (unpaired) electrons. The van der Waals surface area contributed by atoms with Gasteiger partial charge in [0, 0.05) is 18.1 Å². The van der Waals surface area contributed by atoms with E-state index in [4.69, 9.17) is 21.1 Å². The maximum absolute atomic E-state index is 13.0. The van der Waals surface area contributed by atoms with E-state index in [0.29, 0.717) is 29.5 Å². The summed E-state index contributed by atoms with van der Waals surface area (Å²) >= 11 is 5.96. The normalized spacial score (nSPS) is 11.4. The molecule has 0 aromatic heterocycles. The van der Waals surface area contributed by atoms with Gasteiger partial charge in [0.25, 0.3) is 5.91 Å². The smallest absolute Gasteiger partial charge is 0.261 e. The van der Waals surface area contributed by atoms with Crippen LogP contribution in [0.25, 0.3) is 0 Å². The van der Waals surface area contributed by atoms with Crippen molar-refractivity contribution >= 4 is 23.4 Å². The molecule has 0 saturated carbocycles. The Balaban J connectivity index is 2.15. The number of carbonyl (C=O) groups is 2. The summed E-state index contributed by atoms with van der Waals surface area (Å²) in [6, 6.07) is 13.6. The summed E-state index contributed by atoms with van der Waals surface area (Å²) in [5, 5.41) is 3.42. The van der Waals surface area contributed by atoms with Crippen molar-refractivity contribution in [3.8, 4) is 11.5 Å². The summed E-state index contributed by atoms with van der Waals surface area (Å²) in [6.45, 7) is 4.35. The van der Waals surface area contributed by atoms with Crippen molar-refractivity contribution in [1.82, 2.24) is 10.2 Å².